The van der Waals surface area contributed by atoms with Crippen molar-refractivity contribution in [1.29, 1.82) is 0 Å². The standard InChI is InChI=1S/C38H47N3O11/c1-37(2,3)51-30(45)15-14-26(21-42)40-29(44)16-17-39-36(47)38-19-28-31-32(49-22-48-31)34(38)52-41(33(38)35(46)50-28)20-24-10-6-8-23(18-24)9-7-12-25-11-4-5-13-27(25)43/h4-11,13,18,26,28,31-34,42-43H,12,14-17,19-22H2,1-3H3,(H,39,47)(H,40,44)/t26-,28+,31-,32-,33-,34+,38-/m0/s1. The predicted octanol–water partition coefficient (Wildman–Crippen LogP) is 2.29. The highest BCUT2D eigenvalue weighted by Crippen LogP contribution is 2.55. The molecule has 4 N–H and O–H groups in total. The normalized spacial score (nSPS) is 27.2. The fraction of sp³-hybridized carbons (Fsp3) is 0.526. The molecule has 52 heavy (non-hydrogen) atoms. The summed E-state index contributed by atoms with van der Waals surface area (Å²) in [5.41, 5.74) is 0.528. The summed E-state index contributed by atoms with van der Waals surface area (Å²) in [5, 5.41) is 26.9. The number of phenols is 1. The van der Waals surface area contributed by atoms with Gasteiger partial charge in [-0.1, -0.05) is 54.6 Å². The molecule has 2 aromatic rings. The number of amides is 2. The average molecular weight is 722 g/mol. The van der Waals surface area contributed by atoms with Crippen LogP contribution < -0.4 is 10.6 Å². The number of rotatable bonds is 14. The molecule has 2 bridgehead atoms. The lowest BCUT2D eigenvalue weighted by atomic mass is 9.62. The summed E-state index contributed by atoms with van der Waals surface area (Å²) in [7, 11) is 0. The predicted molar refractivity (Wildman–Crippen MR) is 185 cm³/mol. The van der Waals surface area contributed by atoms with Gasteiger partial charge in [-0.2, -0.15) is 5.06 Å². The number of fused-ring (bicyclic) bond motifs is 4. The van der Waals surface area contributed by atoms with E-state index in [2.05, 4.69) is 10.6 Å². The van der Waals surface area contributed by atoms with Gasteiger partial charge in [-0.15, -0.1) is 0 Å². The fourth-order valence-electron chi connectivity index (χ4n) is 7.46. The zero-order valence-corrected chi connectivity index (χ0v) is 29.6. The molecule has 280 valence electrons. The molecule has 2 aromatic carbocycles. The molecular formula is C38H47N3O11. The Morgan fingerprint density at radius 3 is 2.65 bits per heavy atom. The highest BCUT2D eigenvalue weighted by atomic mass is 16.8. The molecular weight excluding hydrogens is 674 g/mol. The number of aliphatic hydroxyl groups is 1. The zero-order valence-electron chi connectivity index (χ0n) is 29.6. The average Bonchev–Trinajstić information content (AvgIpc) is 3.72. The Kier molecular flexibility index (Phi) is 11.3. The fourth-order valence-corrected chi connectivity index (χ4v) is 7.46. The molecule has 3 saturated heterocycles. The first-order chi connectivity index (χ1) is 24.9. The molecule has 0 unspecified atom stereocenters. The van der Waals surface area contributed by atoms with E-state index in [4.69, 9.17) is 23.8 Å². The van der Waals surface area contributed by atoms with Gasteiger partial charge in [-0.25, -0.2) is 0 Å². The van der Waals surface area contributed by atoms with E-state index in [-0.39, 0.29) is 57.9 Å². The summed E-state index contributed by atoms with van der Waals surface area (Å²) in [6, 6.07) is 13.1. The number of allylic oxidation sites excluding steroid dienone is 1. The Bertz CT molecular complexity index is 1680. The van der Waals surface area contributed by atoms with E-state index in [1.807, 2.05) is 48.6 Å². The van der Waals surface area contributed by atoms with E-state index in [1.54, 1.807) is 32.9 Å². The van der Waals surface area contributed by atoms with Crippen molar-refractivity contribution in [1.82, 2.24) is 15.7 Å². The van der Waals surface area contributed by atoms with E-state index in [1.165, 1.54) is 5.06 Å². The van der Waals surface area contributed by atoms with Crippen LogP contribution in [0.25, 0.3) is 6.08 Å². The van der Waals surface area contributed by atoms with Crippen LogP contribution in [0, 0.1) is 5.41 Å². The number of aliphatic hydroxyl groups excluding tert-OH is 1. The highest BCUT2D eigenvalue weighted by Gasteiger charge is 2.74. The second-order valence-corrected chi connectivity index (χ2v) is 14.7. The van der Waals surface area contributed by atoms with Gasteiger partial charge >= 0.3 is 11.9 Å². The Morgan fingerprint density at radius 2 is 1.88 bits per heavy atom. The molecule has 4 fully saturated rings. The number of ether oxygens (including phenoxy) is 4. The molecule has 14 nitrogen and oxygen atoms in total. The van der Waals surface area contributed by atoms with Crippen LogP contribution in [0.4, 0.5) is 0 Å². The maximum atomic E-state index is 14.2. The van der Waals surface area contributed by atoms with Crippen molar-refractivity contribution >= 4 is 29.8 Å². The number of hydrogen-bond acceptors (Lipinski definition) is 12. The largest absolute Gasteiger partial charge is 0.508 e. The minimum atomic E-state index is -1.37. The van der Waals surface area contributed by atoms with E-state index in [0.717, 1.165) is 16.7 Å². The third-order valence-corrected chi connectivity index (χ3v) is 9.76. The Labute approximate surface area is 302 Å². The Balaban J connectivity index is 1.11. The summed E-state index contributed by atoms with van der Waals surface area (Å²) in [5.74, 6) is -1.68. The SMILES string of the molecule is CC(C)(C)OC(=O)CC[C@@H](CO)NC(=O)CCNC(=O)[C@@]12C[C@H]3OC(=O)[C@@H]1N(Cc1cccc(C=CCc4ccccc4O)c1)O[C@@H]2[C@H]1OCO[C@H]13. The van der Waals surface area contributed by atoms with E-state index in [9.17, 15) is 29.4 Å². The van der Waals surface area contributed by atoms with Gasteiger partial charge in [0.25, 0.3) is 0 Å². The van der Waals surface area contributed by atoms with Gasteiger partial charge in [0.1, 0.15) is 48.0 Å². The first-order valence-corrected chi connectivity index (χ1v) is 17.7. The van der Waals surface area contributed by atoms with Crippen molar-refractivity contribution in [3.8, 4) is 5.75 Å². The molecule has 14 heteroatoms. The highest BCUT2D eigenvalue weighted by molar-refractivity contribution is 5.94. The lowest BCUT2D eigenvalue weighted by Crippen LogP contribution is -2.69. The van der Waals surface area contributed by atoms with Crippen LogP contribution in [-0.4, -0.2) is 101 Å². The summed E-state index contributed by atoms with van der Waals surface area (Å²) in [6.07, 6.45) is 1.90. The van der Waals surface area contributed by atoms with Gasteiger partial charge in [0.05, 0.1) is 19.2 Å². The van der Waals surface area contributed by atoms with Crippen molar-refractivity contribution in [2.24, 2.45) is 5.41 Å². The first-order valence-electron chi connectivity index (χ1n) is 17.7. The molecule has 0 radical (unpaired) electrons. The molecule has 6 rings (SSSR count). The number of nitrogens with one attached hydrogen (secondary N) is 2. The summed E-state index contributed by atoms with van der Waals surface area (Å²) in [4.78, 5) is 59.2. The Hall–Kier alpha value is -4.34. The maximum absolute atomic E-state index is 14.2. The van der Waals surface area contributed by atoms with Crippen molar-refractivity contribution in [3.63, 3.8) is 0 Å². The molecule has 0 aromatic heterocycles. The minimum absolute atomic E-state index is 0.0210. The first kappa shape index (κ1) is 37.4. The number of phenolic OH excluding ortho intramolecular Hbond substituents is 1. The third-order valence-electron chi connectivity index (χ3n) is 9.76. The maximum Gasteiger partial charge on any atom is 0.327 e. The van der Waals surface area contributed by atoms with Crippen molar-refractivity contribution in [3.05, 3.63) is 71.3 Å². The number of carbonyl (C=O) groups is 4. The molecule has 1 saturated carbocycles. The molecule has 1 aliphatic carbocycles. The van der Waals surface area contributed by atoms with Crippen molar-refractivity contribution < 1.29 is 53.2 Å². The molecule has 0 spiro atoms. The number of benzene rings is 2. The molecule has 2 amide bonds. The lowest BCUT2D eigenvalue weighted by molar-refractivity contribution is -0.201. The number of aromatic hydroxyl groups is 1. The van der Waals surface area contributed by atoms with Crippen LogP contribution in [0.2, 0.25) is 0 Å². The van der Waals surface area contributed by atoms with E-state index >= 15 is 0 Å². The number of hydroxylamine groups is 2. The topological polar surface area (TPSA) is 182 Å². The van der Waals surface area contributed by atoms with Gasteiger partial charge in [0.2, 0.25) is 11.8 Å². The van der Waals surface area contributed by atoms with Crippen molar-refractivity contribution in [2.45, 2.75) is 102 Å². The van der Waals surface area contributed by atoms with Gasteiger partial charge < -0.3 is 39.8 Å². The van der Waals surface area contributed by atoms with Gasteiger partial charge in [-0.3, -0.25) is 24.0 Å². The number of hydrogen-bond donors (Lipinski definition) is 4. The summed E-state index contributed by atoms with van der Waals surface area (Å²) < 4.78 is 22.8. The quantitative estimate of drug-likeness (QED) is 0.209. The number of para-hydroxylation sites is 1. The van der Waals surface area contributed by atoms with Crippen LogP contribution in [0.5, 0.6) is 5.75 Å². The zero-order chi connectivity index (χ0) is 37.0. The summed E-state index contributed by atoms with van der Waals surface area (Å²) >= 11 is 0. The van der Waals surface area contributed by atoms with Crippen LogP contribution in [-0.2, 0) is 55.9 Å². The van der Waals surface area contributed by atoms with Gasteiger partial charge in [0, 0.05) is 25.8 Å². The second-order valence-electron chi connectivity index (χ2n) is 14.7. The third kappa shape index (κ3) is 8.16. The van der Waals surface area contributed by atoms with Crippen LogP contribution in [0.1, 0.15) is 63.1 Å². The molecule has 3 aliphatic heterocycles. The van der Waals surface area contributed by atoms with Crippen LogP contribution in [0.3, 0.4) is 0 Å². The summed E-state index contributed by atoms with van der Waals surface area (Å²) in [6.45, 7) is 5.01. The lowest BCUT2D eigenvalue weighted by Gasteiger charge is -2.48. The monoisotopic (exact) mass is 721 g/mol. The molecule has 4 aliphatic rings. The van der Waals surface area contributed by atoms with Gasteiger partial charge in [0.15, 0.2) is 6.04 Å². The van der Waals surface area contributed by atoms with Crippen molar-refractivity contribution in [2.75, 3.05) is 19.9 Å². The van der Waals surface area contributed by atoms with Crippen LogP contribution >= 0.6 is 0 Å². The molecule has 7 atom stereocenters. The number of esters is 2. The van der Waals surface area contributed by atoms with Crippen LogP contribution in [0.15, 0.2) is 54.6 Å². The number of nitrogens with zero attached hydrogens (tertiary/aromatic N) is 1. The van der Waals surface area contributed by atoms with Gasteiger partial charge in [-0.05, 0) is 56.4 Å². The Morgan fingerprint density at radius 1 is 1.10 bits per heavy atom. The van der Waals surface area contributed by atoms with E-state index in [0.29, 0.717) is 6.42 Å². The number of carbonyl (C=O) groups excluding carboxylic acids is 4. The second kappa shape index (κ2) is 15.7. The minimum Gasteiger partial charge on any atom is -0.508 e. The molecule has 3 heterocycles. The van der Waals surface area contributed by atoms with E-state index < -0.39 is 71.3 Å². The smallest absolute Gasteiger partial charge is 0.327 e.